The fourth-order valence-electron chi connectivity index (χ4n) is 4.18. The van der Waals surface area contributed by atoms with Crippen LogP contribution in [0.25, 0.3) is 11.3 Å². The van der Waals surface area contributed by atoms with Gasteiger partial charge in [-0.1, -0.05) is 30.3 Å². The van der Waals surface area contributed by atoms with Crippen molar-refractivity contribution in [2.45, 2.75) is 33.3 Å². The average Bonchev–Trinajstić information content (AvgIpc) is 2.94. The molecule has 4 aromatic heterocycles. The summed E-state index contributed by atoms with van der Waals surface area (Å²) in [6.07, 6.45) is 4.29. The molecule has 0 aliphatic heterocycles. The van der Waals surface area contributed by atoms with Gasteiger partial charge in [0.05, 0.1) is 0 Å². The van der Waals surface area contributed by atoms with E-state index in [9.17, 15) is 14.7 Å². The molecule has 0 amide bonds. The second-order valence-corrected chi connectivity index (χ2v) is 9.52. The second kappa shape index (κ2) is 12.8. The zero-order valence-corrected chi connectivity index (χ0v) is 23.1. The van der Waals surface area contributed by atoms with Crippen molar-refractivity contribution in [1.82, 2.24) is 18.8 Å². The normalized spacial score (nSPS) is 10.9. The number of aryl methyl sites for hydroxylation is 2. The summed E-state index contributed by atoms with van der Waals surface area (Å²) in [5.41, 5.74) is 4.19. The van der Waals surface area contributed by atoms with Crippen LogP contribution in [0.2, 0.25) is 0 Å². The molecule has 0 atom stereocenters. The minimum Gasteiger partial charge on any atom is -0.504 e. The first kappa shape index (κ1) is 28.1. The number of nitrogens with zero attached hydrogens (tertiary/aromatic N) is 4. The quantitative estimate of drug-likeness (QED) is 0.283. The summed E-state index contributed by atoms with van der Waals surface area (Å²) < 4.78 is 8.73. The minimum atomic E-state index is -0.168. The molecule has 1 N–H and O–H groups in total. The molecule has 0 spiro atoms. The van der Waals surface area contributed by atoms with Crippen LogP contribution < -0.4 is 15.9 Å². The van der Waals surface area contributed by atoms with E-state index in [1.54, 1.807) is 31.5 Å². The molecule has 0 saturated carbocycles. The Hall–Kier alpha value is -3.88. The molecule has 10 heteroatoms. The van der Waals surface area contributed by atoms with Crippen molar-refractivity contribution >= 4 is 34.5 Å². The van der Waals surface area contributed by atoms with Crippen LogP contribution in [0.5, 0.6) is 11.5 Å². The number of aromatic nitrogens is 4. The third-order valence-corrected chi connectivity index (χ3v) is 6.56. The van der Waals surface area contributed by atoms with Crippen molar-refractivity contribution in [3.63, 3.8) is 0 Å². The van der Waals surface area contributed by atoms with Crippen molar-refractivity contribution in [2.24, 2.45) is 0 Å². The van der Waals surface area contributed by atoms with Crippen molar-refractivity contribution in [2.75, 3.05) is 11.8 Å². The third kappa shape index (κ3) is 6.24. The molecular formula is C29H28Cl2N4O4. The molecule has 4 heterocycles. The van der Waals surface area contributed by atoms with Crippen molar-refractivity contribution in [1.29, 1.82) is 0 Å². The van der Waals surface area contributed by atoms with Crippen molar-refractivity contribution < 1.29 is 9.84 Å². The Balaban J connectivity index is 0.000000193. The number of hydrogen-bond acceptors (Lipinski definition) is 6. The Labute approximate surface area is 235 Å². The molecule has 0 aliphatic carbocycles. The van der Waals surface area contributed by atoms with E-state index in [0.29, 0.717) is 65.1 Å². The smallest absolute Gasteiger partial charge is 0.261 e. The fourth-order valence-corrected chi connectivity index (χ4v) is 4.56. The van der Waals surface area contributed by atoms with Gasteiger partial charge < -0.3 is 9.84 Å². The maximum Gasteiger partial charge on any atom is 0.261 e. The predicted molar refractivity (Wildman–Crippen MR) is 154 cm³/mol. The number of fused-ring (bicyclic) bond motifs is 2. The maximum absolute atomic E-state index is 12.6. The van der Waals surface area contributed by atoms with Crippen LogP contribution in [-0.4, -0.2) is 35.6 Å². The number of aromatic hydroxyl groups is 1. The largest absolute Gasteiger partial charge is 0.504 e. The van der Waals surface area contributed by atoms with E-state index < -0.39 is 0 Å². The lowest BCUT2D eigenvalue weighted by Gasteiger charge is -2.11. The number of benzene rings is 1. The van der Waals surface area contributed by atoms with Crippen molar-refractivity contribution in [3.8, 4) is 11.5 Å². The maximum atomic E-state index is 12.6. The molecular weight excluding hydrogens is 539 g/mol. The van der Waals surface area contributed by atoms with Gasteiger partial charge in [-0.2, -0.15) is 0 Å². The average molecular weight is 567 g/mol. The lowest BCUT2D eigenvalue weighted by Crippen LogP contribution is -2.22. The van der Waals surface area contributed by atoms with Crippen LogP contribution >= 0.6 is 23.2 Å². The lowest BCUT2D eigenvalue weighted by atomic mass is 10.2. The first-order valence-corrected chi connectivity index (χ1v) is 13.4. The minimum absolute atomic E-state index is 0.000114. The highest BCUT2D eigenvalue weighted by atomic mass is 35.5. The summed E-state index contributed by atoms with van der Waals surface area (Å²) in [6, 6.07) is 16.6. The molecule has 202 valence electrons. The van der Waals surface area contributed by atoms with E-state index in [-0.39, 0.29) is 22.5 Å². The van der Waals surface area contributed by atoms with Crippen LogP contribution in [0.3, 0.4) is 0 Å². The third-order valence-electron chi connectivity index (χ3n) is 6.18. The lowest BCUT2D eigenvalue weighted by molar-refractivity contribution is 0.308. The summed E-state index contributed by atoms with van der Waals surface area (Å²) in [5, 5.41) is 9.59. The van der Waals surface area contributed by atoms with Gasteiger partial charge in [-0.15, -0.1) is 23.2 Å². The molecule has 8 nitrogen and oxygen atoms in total. The molecule has 39 heavy (non-hydrogen) atoms. The van der Waals surface area contributed by atoms with Crippen LogP contribution in [0.1, 0.15) is 28.1 Å². The molecule has 0 unspecified atom stereocenters. The van der Waals surface area contributed by atoms with Crippen LogP contribution in [0, 0.1) is 13.8 Å². The Morgan fingerprint density at radius 1 is 0.769 bits per heavy atom. The van der Waals surface area contributed by atoms with Gasteiger partial charge in [-0.05, 0) is 56.5 Å². The van der Waals surface area contributed by atoms with Crippen LogP contribution in [-0.2, 0) is 19.4 Å². The van der Waals surface area contributed by atoms with E-state index in [2.05, 4.69) is 9.97 Å². The summed E-state index contributed by atoms with van der Waals surface area (Å²) in [5.74, 6) is 1.37. The van der Waals surface area contributed by atoms with Gasteiger partial charge in [0, 0.05) is 46.7 Å². The Morgan fingerprint density at radius 3 is 1.90 bits per heavy atom. The summed E-state index contributed by atoms with van der Waals surface area (Å²) >= 11 is 11.4. The van der Waals surface area contributed by atoms with Gasteiger partial charge in [0.25, 0.3) is 11.1 Å². The van der Waals surface area contributed by atoms with Crippen molar-refractivity contribution in [3.05, 3.63) is 116 Å². The second-order valence-electron chi connectivity index (χ2n) is 8.77. The van der Waals surface area contributed by atoms with E-state index in [1.807, 2.05) is 43.3 Å². The Morgan fingerprint density at radius 2 is 1.31 bits per heavy atom. The molecule has 0 saturated heterocycles. The van der Waals surface area contributed by atoms with E-state index in [1.165, 1.54) is 14.9 Å². The van der Waals surface area contributed by atoms with E-state index >= 15 is 0 Å². The summed E-state index contributed by atoms with van der Waals surface area (Å²) in [4.78, 5) is 33.4. The summed E-state index contributed by atoms with van der Waals surface area (Å²) in [7, 11) is 0. The Kier molecular flexibility index (Phi) is 9.22. The topological polar surface area (TPSA) is 98.2 Å². The number of ether oxygens (including phenoxy) is 1. The number of hydrogen-bond donors (Lipinski definition) is 1. The number of pyridine rings is 2. The zero-order chi connectivity index (χ0) is 27.9. The molecule has 5 rings (SSSR count). The molecule has 0 radical (unpaired) electrons. The highest BCUT2D eigenvalue weighted by Gasteiger charge is 2.13. The van der Waals surface area contributed by atoms with Gasteiger partial charge in [-0.25, -0.2) is 9.97 Å². The SMILES string of the molecule is Cc1nc2c(O)cccn2c(=O)c1CCCl.Cc1nc2c(OCc3ccccc3)cccn2c(=O)c1CCCl. The molecule has 0 bridgehead atoms. The van der Waals surface area contributed by atoms with Gasteiger partial charge >= 0.3 is 0 Å². The first-order chi connectivity index (χ1) is 18.8. The van der Waals surface area contributed by atoms with Gasteiger partial charge in [0.2, 0.25) is 0 Å². The van der Waals surface area contributed by atoms with Crippen LogP contribution in [0.15, 0.2) is 76.6 Å². The number of halogens is 2. The molecule has 5 aromatic rings. The van der Waals surface area contributed by atoms with Gasteiger partial charge in [-0.3, -0.25) is 18.4 Å². The van der Waals surface area contributed by atoms with Gasteiger partial charge in [0.15, 0.2) is 22.8 Å². The number of alkyl halides is 2. The molecule has 0 aliphatic rings. The highest BCUT2D eigenvalue weighted by Crippen LogP contribution is 2.19. The van der Waals surface area contributed by atoms with E-state index in [4.69, 9.17) is 27.9 Å². The van der Waals surface area contributed by atoms with E-state index in [0.717, 1.165) is 5.56 Å². The van der Waals surface area contributed by atoms with Gasteiger partial charge in [0.1, 0.15) is 6.61 Å². The first-order valence-electron chi connectivity index (χ1n) is 12.3. The molecule has 0 fully saturated rings. The Bertz CT molecular complexity index is 1720. The summed E-state index contributed by atoms with van der Waals surface area (Å²) in [6.45, 7) is 4.01. The highest BCUT2D eigenvalue weighted by molar-refractivity contribution is 6.18. The monoisotopic (exact) mass is 566 g/mol. The fraction of sp³-hybridized carbons (Fsp3) is 0.241. The van der Waals surface area contributed by atoms with Crippen LogP contribution in [0.4, 0.5) is 0 Å². The zero-order valence-electron chi connectivity index (χ0n) is 21.6. The predicted octanol–water partition coefficient (Wildman–Crippen LogP) is 4.85. The number of rotatable bonds is 7. The standard InChI is InChI=1S/C18H17ClN2O2.C11H11ClN2O2/c1-13-15(9-10-19)18(22)21-11-5-8-16(17(21)20-13)23-12-14-6-3-2-4-7-14;1-7-8(4-5-12)11(16)14-6-2-3-9(15)10(14)13-7/h2-8,11H,9-10,12H2,1H3;2-3,6,15H,4-5H2,1H3. The molecule has 1 aromatic carbocycles.